The lowest BCUT2D eigenvalue weighted by molar-refractivity contribution is 0.0602. The first-order chi connectivity index (χ1) is 9.14. The monoisotopic (exact) mass is 343 g/mol. The molecule has 20 heavy (non-hydrogen) atoms. The maximum atomic E-state index is 11.8. The van der Waals surface area contributed by atoms with E-state index in [0.29, 0.717) is 5.69 Å². The SMILES string of the molecule is COC(=O)c1cc(Br)c(C)cc1NC(=O)OC(C)(C)C. The van der Waals surface area contributed by atoms with Crippen LogP contribution in [0.15, 0.2) is 16.6 Å². The third-order valence-electron chi connectivity index (χ3n) is 2.34. The molecule has 0 aliphatic rings. The molecule has 110 valence electrons. The molecule has 0 saturated heterocycles. The van der Waals surface area contributed by atoms with Crippen molar-refractivity contribution in [2.24, 2.45) is 0 Å². The summed E-state index contributed by atoms with van der Waals surface area (Å²) in [5.41, 5.74) is 0.881. The van der Waals surface area contributed by atoms with Gasteiger partial charge >= 0.3 is 12.1 Å². The van der Waals surface area contributed by atoms with Gasteiger partial charge in [0.15, 0.2) is 0 Å². The van der Waals surface area contributed by atoms with Gasteiger partial charge in [0, 0.05) is 4.47 Å². The van der Waals surface area contributed by atoms with E-state index < -0.39 is 17.7 Å². The molecule has 0 atom stereocenters. The highest BCUT2D eigenvalue weighted by Crippen LogP contribution is 2.26. The fourth-order valence-electron chi connectivity index (χ4n) is 1.48. The largest absolute Gasteiger partial charge is 0.465 e. The van der Waals surface area contributed by atoms with E-state index in [0.717, 1.165) is 10.0 Å². The topological polar surface area (TPSA) is 64.6 Å². The number of carbonyl (C=O) groups is 2. The maximum Gasteiger partial charge on any atom is 0.412 e. The number of anilines is 1. The van der Waals surface area contributed by atoms with Crippen LogP contribution in [0.3, 0.4) is 0 Å². The van der Waals surface area contributed by atoms with E-state index in [2.05, 4.69) is 21.2 Å². The summed E-state index contributed by atoms with van der Waals surface area (Å²) in [6.07, 6.45) is -0.621. The predicted octanol–water partition coefficient (Wildman–Crippen LogP) is 3.89. The summed E-state index contributed by atoms with van der Waals surface area (Å²) in [5, 5.41) is 2.57. The van der Waals surface area contributed by atoms with Crippen LogP contribution in [0.2, 0.25) is 0 Å². The average Bonchev–Trinajstić information content (AvgIpc) is 2.30. The number of nitrogens with one attached hydrogen (secondary N) is 1. The summed E-state index contributed by atoms with van der Waals surface area (Å²) in [6.45, 7) is 7.15. The quantitative estimate of drug-likeness (QED) is 0.827. The summed E-state index contributed by atoms with van der Waals surface area (Å²) in [5.74, 6) is -0.531. The Hall–Kier alpha value is -1.56. The van der Waals surface area contributed by atoms with Crippen LogP contribution in [-0.4, -0.2) is 24.8 Å². The molecule has 5 nitrogen and oxygen atoms in total. The summed E-state index contributed by atoms with van der Waals surface area (Å²) >= 11 is 3.34. The Bertz CT molecular complexity index is 535. The molecule has 1 aromatic carbocycles. The lowest BCUT2D eigenvalue weighted by atomic mass is 10.1. The lowest BCUT2D eigenvalue weighted by Crippen LogP contribution is -2.27. The zero-order chi connectivity index (χ0) is 15.5. The number of methoxy groups -OCH3 is 1. The Morgan fingerprint density at radius 2 is 1.85 bits per heavy atom. The van der Waals surface area contributed by atoms with Crippen molar-refractivity contribution in [1.82, 2.24) is 0 Å². The minimum atomic E-state index is -0.621. The van der Waals surface area contributed by atoms with Gasteiger partial charge < -0.3 is 9.47 Å². The normalized spacial score (nSPS) is 10.9. The first-order valence-electron chi connectivity index (χ1n) is 6.02. The smallest absolute Gasteiger partial charge is 0.412 e. The minimum absolute atomic E-state index is 0.260. The van der Waals surface area contributed by atoms with Gasteiger partial charge in [-0.15, -0.1) is 0 Å². The van der Waals surface area contributed by atoms with Gasteiger partial charge in [0.2, 0.25) is 0 Å². The van der Waals surface area contributed by atoms with Crippen LogP contribution in [0.4, 0.5) is 10.5 Å². The number of amides is 1. The van der Waals surface area contributed by atoms with E-state index in [1.807, 2.05) is 6.92 Å². The summed E-state index contributed by atoms with van der Waals surface area (Å²) in [7, 11) is 1.29. The number of carbonyl (C=O) groups excluding carboxylic acids is 2. The number of hydrogen-bond donors (Lipinski definition) is 1. The molecule has 1 aromatic rings. The first kappa shape index (κ1) is 16.5. The van der Waals surface area contributed by atoms with Crippen LogP contribution < -0.4 is 5.32 Å². The summed E-state index contributed by atoms with van der Waals surface area (Å²) < 4.78 is 10.6. The Morgan fingerprint density at radius 3 is 2.35 bits per heavy atom. The highest BCUT2D eigenvalue weighted by molar-refractivity contribution is 9.10. The van der Waals surface area contributed by atoms with Crippen LogP contribution in [0.25, 0.3) is 0 Å². The number of esters is 1. The minimum Gasteiger partial charge on any atom is -0.465 e. The molecule has 0 spiro atoms. The van der Waals surface area contributed by atoms with E-state index in [4.69, 9.17) is 9.47 Å². The second-order valence-corrected chi connectivity index (χ2v) is 6.12. The van der Waals surface area contributed by atoms with Crippen molar-refractivity contribution in [1.29, 1.82) is 0 Å². The highest BCUT2D eigenvalue weighted by Gasteiger charge is 2.20. The summed E-state index contributed by atoms with van der Waals surface area (Å²) in [6, 6.07) is 3.29. The van der Waals surface area contributed by atoms with Crippen molar-refractivity contribution < 1.29 is 19.1 Å². The molecule has 6 heteroatoms. The van der Waals surface area contributed by atoms with Crippen molar-refractivity contribution in [2.45, 2.75) is 33.3 Å². The summed E-state index contributed by atoms with van der Waals surface area (Å²) in [4.78, 5) is 23.5. The van der Waals surface area contributed by atoms with Crippen LogP contribution in [0, 0.1) is 6.92 Å². The fourth-order valence-corrected chi connectivity index (χ4v) is 1.82. The molecular weight excluding hydrogens is 326 g/mol. The van der Waals surface area contributed by atoms with Crippen LogP contribution >= 0.6 is 15.9 Å². The van der Waals surface area contributed by atoms with E-state index in [1.165, 1.54) is 7.11 Å². The van der Waals surface area contributed by atoms with Crippen molar-refractivity contribution in [2.75, 3.05) is 12.4 Å². The molecule has 0 bridgehead atoms. The fraction of sp³-hybridized carbons (Fsp3) is 0.429. The zero-order valence-electron chi connectivity index (χ0n) is 12.2. The lowest BCUT2D eigenvalue weighted by Gasteiger charge is -2.20. The molecule has 1 N–H and O–H groups in total. The van der Waals surface area contributed by atoms with E-state index in [1.54, 1.807) is 32.9 Å². The van der Waals surface area contributed by atoms with Gasteiger partial charge in [0.1, 0.15) is 5.60 Å². The molecule has 1 amide bonds. The molecule has 0 fully saturated rings. The van der Waals surface area contributed by atoms with Gasteiger partial charge in [-0.3, -0.25) is 5.32 Å². The number of rotatable bonds is 2. The third kappa shape index (κ3) is 4.52. The Balaban J connectivity index is 3.07. The van der Waals surface area contributed by atoms with Gasteiger partial charge in [-0.1, -0.05) is 15.9 Å². The number of aryl methyl sites for hydroxylation is 1. The van der Waals surface area contributed by atoms with Gasteiger partial charge in [0.25, 0.3) is 0 Å². The second kappa shape index (κ2) is 6.26. The standard InChI is InChI=1S/C14H18BrNO4/c1-8-6-11(16-13(18)20-14(2,3)4)9(7-10(8)15)12(17)19-5/h6-7H,1-5H3,(H,16,18). The second-order valence-electron chi connectivity index (χ2n) is 5.27. The number of hydrogen-bond acceptors (Lipinski definition) is 4. The molecule has 0 aromatic heterocycles. The molecule has 0 radical (unpaired) electrons. The van der Waals surface area contributed by atoms with Crippen LogP contribution in [-0.2, 0) is 9.47 Å². The number of ether oxygens (including phenoxy) is 2. The van der Waals surface area contributed by atoms with Crippen LogP contribution in [0.1, 0.15) is 36.7 Å². The molecular formula is C14H18BrNO4. The van der Waals surface area contributed by atoms with Crippen molar-refractivity contribution in [3.8, 4) is 0 Å². The van der Waals surface area contributed by atoms with E-state index in [9.17, 15) is 9.59 Å². The Labute approximate surface area is 126 Å². The molecule has 0 heterocycles. The van der Waals surface area contributed by atoms with Gasteiger partial charge in [-0.2, -0.15) is 0 Å². The molecule has 0 aliphatic carbocycles. The Morgan fingerprint density at radius 1 is 1.25 bits per heavy atom. The molecule has 0 aliphatic heterocycles. The third-order valence-corrected chi connectivity index (χ3v) is 3.19. The van der Waals surface area contributed by atoms with Gasteiger partial charge in [0.05, 0.1) is 18.4 Å². The molecule has 0 unspecified atom stereocenters. The molecule has 0 saturated carbocycles. The highest BCUT2D eigenvalue weighted by atomic mass is 79.9. The van der Waals surface area contributed by atoms with E-state index >= 15 is 0 Å². The van der Waals surface area contributed by atoms with Crippen molar-refractivity contribution in [3.05, 3.63) is 27.7 Å². The Kier molecular flexibility index (Phi) is 5.16. The van der Waals surface area contributed by atoms with Crippen molar-refractivity contribution >= 4 is 33.7 Å². The van der Waals surface area contributed by atoms with Gasteiger partial charge in [-0.25, -0.2) is 9.59 Å². The maximum absolute atomic E-state index is 11.8. The number of benzene rings is 1. The average molecular weight is 344 g/mol. The first-order valence-corrected chi connectivity index (χ1v) is 6.82. The van der Waals surface area contributed by atoms with Crippen LogP contribution in [0.5, 0.6) is 0 Å². The molecule has 1 rings (SSSR count). The zero-order valence-corrected chi connectivity index (χ0v) is 13.8. The van der Waals surface area contributed by atoms with E-state index in [-0.39, 0.29) is 5.56 Å². The van der Waals surface area contributed by atoms with Crippen molar-refractivity contribution in [3.63, 3.8) is 0 Å². The number of halogens is 1. The predicted molar refractivity (Wildman–Crippen MR) is 80.1 cm³/mol. The van der Waals surface area contributed by atoms with Gasteiger partial charge in [-0.05, 0) is 45.4 Å².